The molecule has 1 heterocycles. The average Bonchev–Trinajstić information content (AvgIpc) is 2.81. The van der Waals surface area contributed by atoms with Gasteiger partial charge >= 0.3 is 0 Å². The van der Waals surface area contributed by atoms with Gasteiger partial charge in [-0.05, 0) is 53.2 Å². The molecule has 1 aromatic heterocycles. The van der Waals surface area contributed by atoms with Gasteiger partial charge in [0.05, 0.1) is 6.10 Å². The molecule has 0 amide bonds. The van der Waals surface area contributed by atoms with Gasteiger partial charge in [0.25, 0.3) is 0 Å². The summed E-state index contributed by atoms with van der Waals surface area (Å²) < 4.78 is 14.2. The van der Waals surface area contributed by atoms with Crippen molar-refractivity contribution < 1.29 is 9.50 Å². The molecule has 0 radical (unpaired) electrons. The Balaban J connectivity index is 1.82. The summed E-state index contributed by atoms with van der Waals surface area (Å²) in [5, 5.41) is 12.1. The fourth-order valence-electron chi connectivity index (χ4n) is 2.01. The van der Waals surface area contributed by atoms with Gasteiger partial charge in [-0.1, -0.05) is 12.1 Å². The molecule has 1 N–H and O–H groups in total. The SMILES string of the molecule is CN(CCC(O)c1cccc(F)c1)Cc1cc(Br)cs1. The van der Waals surface area contributed by atoms with Crippen LogP contribution in [0, 0.1) is 5.82 Å². The van der Waals surface area contributed by atoms with Crippen molar-refractivity contribution in [1.82, 2.24) is 4.90 Å². The van der Waals surface area contributed by atoms with Crippen LogP contribution in [0.1, 0.15) is 23.0 Å². The standard InChI is InChI=1S/C15H17BrFNOS/c1-18(9-14-8-12(16)10-20-14)6-5-15(19)11-3-2-4-13(17)7-11/h2-4,7-8,10,15,19H,5-6,9H2,1H3. The summed E-state index contributed by atoms with van der Waals surface area (Å²) >= 11 is 5.15. The number of halogens is 2. The van der Waals surface area contributed by atoms with Gasteiger partial charge in [-0.3, -0.25) is 0 Å². The first-order valence-electron chi connectivity index (χ1n) is 6.39. The van der Waals surface area contributed by atoms with E-state index in [4.69, 9.17) is 0 Å². The van der Waals surface area contributed by atoms with E-state index in [9.17, 15) is 9.50 Å². The van der Waals surface area contributed by atoms with Gasteiger partial charge < -0.3 is 10.0 Å². The van der Waals surface area contributed by atoms with Crippen LogP contribution >= 0.6 is 27.3 Å². The lowest BCUT2D eigenvalue weighted by molar-refractivity contribution is 0.147. The van der Waals surface area contributed by atoms with Gasteiger partial charge in [-0.2, -0.15) is 0 Å². The predicted octanol–water partition coefficient (Wildman–Crippen LogP) is 4.21. The van der Waals surface area contributed by atoms with Crippen LogP contribution in [0.15, 0.2) is 40.2 Å². The zero-order valence-electron chi connectivity index (χ0n) is 11.2. The van der Waals surface area contributed by atoms with Crippen LogP contribution in [-0.4, -0.2) is 23.6 Å². The molecule has 0 saturated heterocycles. The number of benzene rings is 1. The third-order valence-electron chi connectivity index (χ3n) is 3.07. The smallest absolute Gasteiger partial charge is 0.123 e. The molecular weight excluding hydrogens is 341 g/mol. The van der Waals surface area contributed by atoms with Gasteiger partial charge in [-0.15, -0.1) is 11.3 Å². The zero-order chi connectivity index (χ0) is 14.5. The second-order valence-electron chi connectivity index (χ2n) is 4.83. The molecule has 2 aromatic rings. The molecule has 1 atom stereocenters. The Morgan fingerprint density at radius 2 is 2.20 bits per heavy atom. The minimum atomic E-state index is -0.622. The molecule has 2 rings (SSSR count). The fraction of sp³-hybridized carbons (Fsp3) is 0.333. The van der Waals surface area contributed by atoms with E-state index in [0.29, 0.717) is 12.0 Å². The summed E-state index contributed by atoms with van der Waals surface area (Å²) in [5.41, 5.74) is 0.636. The maximum atomic E-state index is 13.1. The van der Waals surface area contributed by atoms with Crippen molar-refractivity contribution in [2.75, 3.05) is 13.6 Å². The molecule has 0 aliphatic carbocycles. The zero-order valence-corrected chi connectivity index (χ0v) is 13.6. The molecule has 20 heavy (non-hydrogen) atoms. The van der Waals surface area contributed by atoms with Crippen LogP contribution < -0.4 is 0 Å². The van der Waals surface area contributed by atoms with Gasteiger partial charge in [0.15, 0.2) is 0 Å². The first kappa shape index (κ1) is 15.6. The van der Waals surface area contributed by atoms with Crippen LogP contribution in [-0.2, 0) is 6.54 Å². The van der Waals surface area contributed by atoms with Gasteiger partial charge in [0.2, 0.25) is 0 Å². The lowest BCUT2D eigenvalue weighted by atomic mass is 10.1. The van der Waals surface area contributed by atoms with Crippen molar-refractivity contribution in [2.45, 2.75) is 19.1 Å². The maximum Gasteiger partial charge on any atom is 0.123 e. The monoisotopic (exact) mass is 357 g/mol. The van der Waals surface area contributed by atoms with E-state index in [-0.39, 0.29) is 5.82 Å². The largest absolute Gasteiger partial charge is 0.388 e. The second kappa shape index (κ2) is 7.31. The number of hydrogen-bond acceptors (Lipinski definition) is 3. The van der Waals surface area contributed by atoms with E-state index in [0.717, 1.165) is 17.6 Å². The minimum absolute atomic E-state index is 0.307. The number of aliphatic hydroxyl groups is 1. The maximum absolute atomic E-state index is 13.1. The molecule has 1 unspecified atom stereocenters. The molecule has 0 spiro atoms. The first-order chi connectivity index (χ1) is 9.54. The summed E-state index contributed by atoms with van der Waals surface area (Å²) in [5.74, 6) is -0.307. The number of thiophene rings is 1. The van der Waals surface area contributed by atoms with Crippen molar-refractivity contribution in [3.05, 3.63) is 56.4 Å². The Kier molecular flexibility index (Phi) is 5.72. The Morgan fingerprint density at radius 1 is 1.40 bits per heavy atom. The molecule has 0 saturated carbocycles. The Hall–Kier alpha value is -0.750. The molecular formula is C15H17BrFNOS. The van der Waals surface area contributed by atoms with E-state index in [1.54, 1.807) is 23.5 Å². The molecule has 5 heteroatoms. The van der Waals surface area contributed by atoms with Crippen LogP contribution in [0.3, 0.4) is 0 Å². The highest BCUT2D eigenvalue weighted by Crippen LogP contribution is 2.22. The molecule has 0 aliphatic heterocycles. The normalized spacial score (nSPS) is 12.8. The van der Waals surface area contributed by atoms with Crippen molar-refractivity contribution in [3.63, 3.8) is 0 Å². The van der Waals surface area contributed by atoms with Crippen LogP contribution in [0.25, 0.3) is 0 Å². The summed E-state index contributed by atoms with van der Waals surface area (Å²) in [6.07, 6.45) is -0.0322. The van der Waals surface area contributed by atoms with Crippen LogP contribution in [0.5, 0.6) is 0 Å². The summed E-state index contributed by atoms with van der Waals surface area (Å²) in [4.78, 5) is 3.43. The Labute approximate surface area is 131 Å². The number of nitrogens with zero attached hydrogens (tertiary/aromatic N) is 1. The van der Waals surface area contributed by atoms with E-state index in [1.807, 2.05) is 7.05 Å². The molecule has 1 aromatic carbocycles. The number of hydrogen-bond donors (Lipinski definition) is 1. The van der Waals surface area contributed by atoms with E-state index in [1.165, 1.54) is 17.0 Å². The first-order valence-corrected chi connectivity index (χ1v) is 8.07. The molecule has 108 valence electrons. The van der Waals surface area contributed by atoms with Gasteiger partial charge in [-0.25, -0.2) is 4.39 Å². The van der Waals surface area contributed by atoms with Crippen molar-refractivity contribution in [1.29, 1.82) is 0 Å². The number of aliphatic hydroxyl groups excluding tert-OH is 1. The summed E-state index contributed by atoms with van der Waals surface area (Å²) in [7, 11) is 2.02. The number of rotatable bonds is 6. The molecule has 0 aliphatic rings. The van der Waals surface area contributed by atoms with Crippen LogP contribution in [0.2, 0.25) is 0 Å². The van der Waals surface area contributed by atoms with Gasteiger partial charge in [0.1, 0.15) is 5.82 Å². The minimum Gasteiger partial charge on any atom is -0.388 e. The molecule has 2 nitrogen and oxygen atoms in total. The quantitative estimate of drug-likeness (QED) is 0.837. The average molecular weight is 358 g/mol. The van der Waals surface area contributed by atoms with Crippen LogP contribution in [0.4, 0.5) is 4.39 Å². The second-order valence-corrected chi connectivity index (χ2v) is 6.74. The fourth-order valence-corrected chi connectivity index (χ4v) is 3.54. The highest BCUT2D eigenvalue weighted by molar-refractivity contribution is 9.10. The highest BCUT2D eigenvalue weighted by Gasteiger charge is 2.10. The Morgan fingerprint density at radius 3 is 2.85 bits per heavy atom. The van der Waals surface area contributed by atoms with Gasteiger partial charge in [0, 0.05) is 27.8 Å². The van der Waals surface area contributed by atoms with E-state index >= 15 is 0 Å². The summed E-state index contributed by atoms with van der Waals surface area (Å²) in [6.45, 7) is 1.61. The van der Waals surface area contributed by atoms with Crippen molar-refractivity contribution in [3.8, 4) is 0 Å². The van der Waals surface area contributed by atoms with Crippen molar-refractivity contribution >= 4 is 27.3 Å². The highest BCUT2D eigenvalue weighted by atomic mass is 79.9. The third-order valence-corrected chi connectivity index (χ3v) is 4.75. The molecule has 0 bridgehead atoms. The lowest BCUT2D eigenvalue weighted by Crippen LogP contribution is -2.20. The Bertz CT molecular complexity index is 560. The topological polar surface area (TPSA) is 23.5 Å². The lowest BCUT2D eigenvalue weighted by Gasteiger charge is -2.18. The third kappa shape index (κ3) is 4.66. The van der Waals surface area contributed by atoms with Crippen molar-refractivity contribution in [2.24, 2.45) is 0 Å². The predicted molar refractivity (Wildman–Crippen MR) is 84.3 cm³/mol. The summed E-state index contributed by atoms with van der Waals surface area (Å²) in [6, 6.07) is 8.26. The van der Waals surface area contributed by atoms with E-state index in [2.05, 4.69) is 32.3 Å². The molecule has 0 fully saturated rings. The van der Waals surface area contributed by atoms with E-state index < -0.39 is 6.10 Å².